The Morgan fingerprint density at radius 1 is 1.20 bits per heavy atom. The molecule has 190 valence electrons. The van der Waals surface area contributed by atoms with Crippen LogP contribution in [0.25, 0.3) is 22.2 Å². The molecule has 0 aliphatic heterocycles. The summed E-state index contributed by atoms with van der Waals surface area (Å²) in [6, 6.07) is 6.07. The first-order valence-electron chi connectivity index (χ1n) is 10.8. The molecule has 3 aromatic rings. The molecular formula is C24H27F3N2O5S. The van der Waals surface area contributed by atoms with Crippen LogP contribution >= 0.6 is 0 Å². The van der Waals surface area contributed by atoms with Crippen molar-refractivity contribution in [1.82, 2.24) is 9.71 Å². The lowest BCUT2D eigenvalue weighted by Crippen LogP contribution is -2.35. The van der Waals surface area contributed by atoms with Gasteiger partial charge >= 0.3 is 12.1 Å². The Bertz CT molecular complexity index is 1260. The minimum atomic E-state index is -4.63. The summed E-state index contributed by atoms with van der Waals surface area (Å²) in [4.78, 5) is 16.4. The minimum absolute atomic E-state index is 0.00419. The van der Waals surface area contributed by atoms with Crippen LogP contribution in [0.15, 0.2) is 34.7 Å². The molecule has 0 saturated carbocycles. The molecular weight excluding hydrogens is 485 g/mol. The van der Waals surface area contributed by atoms with Crippen LogP contribution in [-0.4, -0.2) is 33.6 Å². The first kappa shape index (κ1) is 26.7. The predicted octanol–water partition coefficient (Wildman–Crippen LogP) is 5.81. The van der Waals surface area contributed by atoms with Gasteiger partial charge in [-0.3, -0.25) is 0 Å². The molecule has 0 radical (unpaired) electrons. The highest BCUT2D eigenvalue weighted by Gasteiger charge is 2.33. The summed E-state index contributed by atoms with van der Waals surface area (Å²) >= 11 is 0. The first-order valence-corrected chi connectivity index (χ1v) is 12.0. The van der Waals surface area contributed by atoms with Gasteiger partial charge in [0.25, 0.3) is 0 Å². The van der Waals surface area contributed by atoms with Crippen molar-refractivity contribution in [3.63, 3.8) is 0 Å². The molecule has 0 bridgehead atoms. The predicted molar refractivity (Wildman–Crippen MR) is 126 cm³/mol. The first-order chi connectivity index (χ1) is 16.3. The van der Waals surface area contributed by atoms with E-state index < -0.39 is 39.6 Å². The van der Waals surface area contributed by atoms with Crippen molar-refractivity contribution in [3.8, 4) is 17.1 Å². The van der Waals surface area contributed by atoms with Gasteiger partial charge in [-0.05, 0) is 65.0 Å². The van der Waals surface area contributed by atoms with Crippen LogP contribution < -0.4 is 9.46 Å². The molecule has 1 aromatic carbocycles. The van der Waals surface area contributed by atoms with E-state index in [1.54, 1.807) is 40.7 Å². The van der Waals surface area contributed by atoms with E-state index in [4.69, 9.17) is 13.9 Å². The van der Waals surface area contributed by atoms with E-state index in [2.05, 4.69) is 9.71 Å². The van der Waals surface area contributed by atoms with Crippen molar-refractivity contribution in [2.45, 2.75) is 51.6 Å². The number of aromatic nitrogens is 1. The molecule has 0 saturated heterocycles. The highest BCUT2D eigenvalue weighted by atomic mass is 32.2. The van der Waals surface area contributed by atoms with Crippen molar-refractivity contribution >= 4 is 27.9 Å². The van der Waals surface area contributed by atoms with Gasteiger partial charge < -0.3 is 13.9 Å². The summed E-state index contributed by atoms with van der Waals surface area (Å²) in [5.74, 6) is -0.0711. The summed E-state index contributed by atoms with van der Waals surface area (Å²) in [6.07, 6.45) is -4.63. The van der Waals surface area contributed by atoms with Crippen molar-refractivity contribution in [2.75, 3.05) is 13.7 Å². The molecule has 3 rings (SSSR count). The molecule has 0 fully saturated rings. The lowest BCUT2D eigenvalue weighted by atomic mass is 10.0. The number of nitrogens with zero attached hydrogens (tertiary/aromatic N) is 1. The molecule has 1 N–H and O–H groups in total. The Labute approximate surface area is 203 Å². The summed E-state index contributed by atoms with van der Waals surface area (Å²) < 4.78 is 71.2. The number of pyridine rings is 1. The maximum atomic E-state index is 13.3. The molecule has 2 aromatic heterocycles. The van der Waals surface area contributed by atoms with Crippen molar-refractivity contribution in [3.05, 3.63) is 47.3 Å². The molecule has 0 aliphatic rings. The third-order valence-electron chi connectivity index (χ3n) is 5.09. The number of carbonyl (C=O) groups excluding carboxylic acids is 1. The van der Waals surface area contributed by atoms with Gasteiger partial charge in [-0.25, -0.2) is 18.7 Å². The summed E-state index contributed by atoms with van der Waals surface area (Å²) in [7, 11) is -0.125. The van der Waals surface area contributed by atoms with Crippen LogP contribution in [0.3, 0.4) is 0 Å². The summed E-state index contributed by atoms with van der Waals surface area (Å²) in [5, 5.41) is 0.340. The van der Waals surface area contributed by atoms with Gasteiger partial charge in [-0.15, -0.1) is 0 Å². The Kier molecular flexibility index (Phi) is 7.61. The fraction of sp³-hybridized carbons (Fsp3) is 0.417. The van der Waals surface area contributed by atoms with Crippen LogP contribution in [0.4, 0.5) is 13.2 Å². The van der Waals surface area contributed by atoms with Crippen molar-refractivity contribution in [2.24, 2.45) is 0 Å². The molecule has 7 nitrogen and oxygen atoms in total. The third kappa shape index (κ3) is 5.67. The number of benzene rings is 1. The Morgan fingerprint density at radius 2 is 1.89 bits per heavy atom. The number of hydrogen-bond donors (Lipinski definition) is 1. The summed E-state index contributed by atoms with van der Waals surface area (Å²) in [6.45, 7) is 8.88. The number of rotatable bonds is 7. The normalized spacial score (nSPS) is 14.1. The third-order valence-corrected chi connectivity index (χ3v) is 6.77. The standard InChI is InChI=1S/C24H27F3N2O5S/c1-7-33-22(30)16-12-18(34-21(16)13(2)29-35(31)23(3,4)5)14-8-10-17(32-6)20-15(14)9-11-19(28-20)24(25,26)27/h8-13,29H,7H2,1-6H3. The van der Waals surface area contributed by atoms with Gasteiger partial charge in [0.2, 0.25) is 0 Å². The van der Waals surface area contributed by atoms with Crippen LogP contribution in [0.2, 0.25) is 0 Å². The Morgan fingerprint density at radius 3 is 2.46 bits per heavy atom. The molecule has 0 aliphatic carbocycles. The van der Waals surface area contributed by atoms with Crippen LogP contribution in [0.5, 0.6) is 5.75 Å². The van der Waals surface area contributed by atoms with Crippen LogP contribution in [0, 0.1) is 0 Å². The van der Waals surface area contributed by atoms with E-state index >= 15 is 0 Å². The largest absolute Gasteiger partial charge is 0.494 e. The van der Waals surface area contributed by atoms with E-state index in [0.29, 0.717) is 10.9 Å². The number of fused-ring (bicyclic) bond motifs is 1. The molecule has 0 amide bonds. The zero-order valence-electron chi connectivity index (χ0n) is 20.2. The number of hydrogen-bond acceptors (Lipinski definition) is 6. The van der Waals surface area contributed by atoms with Crippen LogP contribution in [0.1, 0.15) is 62.5 Å². The van der Waals surface area contributed by atoms with Crippen molar-refractivity contribution in [1.29, 1.82) is 0 Å². The monoisotopic (exact) mass is 512 g/mol. The van der Waals surface area contributed by atoms with Gasteiger partial charge in [-0.1, -0.05) is 0 Å². The number of methoxy groups -OCH3 is 1. The number of halogens is 3. The average molecular weight is 513 g/mol. The van der Waals surface area contributed by atoms with E-state index in [-0.39, 0.29) is 35.0 Å². The average Bonchev–Trinajstić information content (AvgIpc) is 3.22. The SMILES string of the molecule is CCOC(=O)c1cc(-c2ccc(OC)c3nc(C(F)(F)F)ccc23)oc1C(C)NS(=O)C(C)(C)C. The minimum Gasteiger partial charge on any atom is -0.494 e. The van der Waals surface area contributed by atoms with Gasteiger partial charge in [0.05, 0.1) is 35.5 Å². The second-order valence-electron chi connectivity index (χ2n) is 8.74. The molecule has 2 heterocycles. The van der Waals surface area contributed by atoms with E-state index in [1.165, 1.54) is 25.3 Å². The lowest BCUT2D eigenvalue weighted by molar-refractivity contribution is -0.140. The van der Waals surface area contributed by atoms with Gasteiger partial charge in [-0.2, -0.15) is 13.2 Å². The van der Waals surface area contributed by atoms with E-state index in [0.717, 1.165) is 6.07 Å². The van der Waals surface area contributed by atoms with Crippen molar-refractivity contribution < 1.29 is 36.1 Å². The Balaban J connectivity index is 2.17. The second kappa shape index (κ2) is 9.98. The number of nitrogens with one attached hydrogen (secondary N) is 1. The molecule has 2 atom stereocenters. The Hall–Kier alpha value is -2.92. The highest BCUT2D eigenvalue weighted by molar-refractivity contribution is 7.84. The zero-order valence-corrected chi connectivity index (χ0v) is 21.0. The highest BCUT2D eigenvalue weighted by Crippen LogP contribution is 2.39. The van der Waals surface area contributed by atoms with Gasteiger partial charge in [0.15, 0.2) is 0 Å². The van der Waals surface area contributed by atoms with E-state index in [9.17, 15) is 22.2 Å². The smallest absolute Gasteiger partial charge is 0.433 e. The fourth-order valence-electron chi connectivity index (χ4n) is 3.35. The molecule has 35 heavy (non-hydrogen) atoms. The lowest BCUT2D eigenvalue weighted by Gasteiger charge is -2.21. The second-order valence-corrected chi connectivity index (χ2v) is 10.7. The maximum absolute atomic E-state index is 13.3. The molecule has 0 spiro atoms. The van der Waals surface area contributed by atoms with E-state index in [1.807, 2.05) is 0 Å². The quantitative estimate of drug-likeness (QED) is 0.402. The number of alkyl halides is 3. The number of ether oxygens (including phenoxy) is 2. The molecule has 11 heteroatoms. The number of furan rings is 1. The molecule has 2 unspecified atom stereocenters. The van der Waals surface area contributed by atoms with Gasteiger partial charge in [0.1, 0.15) is 34.0 Å². The van der Waals surface area contributed by atoms with Crippen LogP contribution in [-0.2, 0) is 21.9 Å². The zero-order chi connectivity index (χ0) is 26.1. The van der Waals surface area contributed by atoms with Gasteiger partial charge in [0, 0.05) is 10.9 Å². The fourth-order valence-corrected chi connectivity index (χ4v) is 4.13. The number of carbonyl (C=O) groups is 1. The summed E-state index contributed by atoms with van der Waals surface area (Å²) in [5.41, 5.74) is -0.537. The number of esters is 1. The maximum Gasteiger partial charge on any atom is 0.433 e. The topological polar surface area (TPSA) is 90.7 Å².